The van der Waals surface area contributed by atoms with Gasteiger partial charge in [-0.1, -0.05) is 6.07 Å². The molecule has 1 fully saturated rings. The van der Waals surface area contributed by atoms with Crippen molar-refractivity contribution < 1.29 is 19.0 Å². The first-order valence-corrected chi connectivity index (χ1v) is 10.2. The van der Waals surface area contributed by atoms with Gasteiger partial charge in [-0.2, -0.15) is 0 Å². The first kappa shape index (κ1) is 22.8. The van der Waals surface area contributed by atoms with Crippen molar-refractivity contribution in [2.75, 3.05) is 6.54 Å². The molecule has 29 heavy (non-hydrogen) atoms. The summed E-state index contributed by atoms with van der Waals surface area (Å²) in [6.45, 7) is 8.55. The third-order valence-electron chi connectivity index (χ3n) is 4.56. The number of phenolic OH excluding ortho intramolecular Hbond substituents is 1. The van der Waals surface area contributed by atoms with Crippen LogP contribution in [0.3, 0.4) is 0 Å². The highest BCUT2D eigenvalue weighted by atomic mass is 19.1. The zero-order valence-electron chi connectivity index (χ0n) is 17.7. The third-order valence-corrected chi connectivity index (χ3v) is 4.56. The molecule has 1 aliphatic carbocycles. The lowest BCUT2D eigenvalue weighted by Gasteiger charge is -2.31. The number of carbonyl (C=O) groups excluding carboxylic acids is 1. The number of nitrogens with one attached hydrogen (secondary N) is 3. The van der Waals surface area contributed by atoms with Gasteiger partial charge >= 0.3 is 6.09 Å². The Bertz CT molecular complexity index is 710. The van der Waals surface area contributed by atoms with E-state index in [0.29, 0.717) is 24.6 Å². The van der Waals surface area contributed by atoms with Crippen molar-refractivity contribution in [2.45, 2.75) is 77.6 Å². The Morgan fingerprint density at radius 1 is 1.21 bits per heavy atom. The lowest BCUT2D eigenvalue weighted by atomic mass is 9.91. The first-order valence-electron chi connectivity index (χ1n) is 10.2. The lowest BCUT2D eigenvalue weighted by Crippen LogP contribution is -2.48. The number of benzene rings is 1. The Morgan fingerprint density at radius 2 is 1.83 bits per heavy atom. The van der Waals surface area contributed by atoms with Crippen LogP contribution in [0.5, 0.6) is 5.75 Å². The molecule has 4 N–H and O–H groups in total. The van der Waals surface area contributed by atoms with E-state index in [1.54, 1.807) is 6.07 Å². The van der Waals surface area contributed by atoms with Crippen LogP contribution in [-0.2, 0) is 11.3 Å². The highest BCUT2D eigenvalue weighted by Crippen LogP contribution is 2.20. The van der Waals surface area contributed by atoms with Gasteiger partial charge in [0.05, 0.1) is 6.54 Å². The summed E-state index contributed by atoms with van der Waals surface area (Å²) >= 11 is 0. The molecule has 1 aliphatic rings. The highest BCUT2D eigenvalue weighted by Gasteiger charge is 2.25. The number of rotatable bonds is 5. The van der Waals surface area contributed by atoms with Crippen molar-refractivity contribution in [1.82, 2.24) is 16.0 Å². The minimum Gasteiger partial charge on any atom is -0.505 e. The Morgan fingerprint density at radius 3 is 2.38 bits per heavy atom. The van der Waals surface area contributed by atoms with E-state index in [1.165, 1.54) is 12.1 Å². The zero-order valence-corrected chi connectivity index (χ0v) is 17.7. The number of halogens is 1. The highest BCUT2D eigenvalue weighted by molar-refractivity contribution is 5.80. The van der Waals surface area contributed by atoms with Gasteiger partial charge in [0, 0.05) is 18.6 Å². The minimum absolute atomic E-state index is 0.113. The quantitative estimate of drug-likeness (QED) is 0.442. The molecule has 0 heterocycles. The predicted octanol–water partition coefficient (Wildman–Crippen LogP) is 3.42. The van der Waals surface area contributed by atoms with Gasteiger partial charge in [0.15, 0.2) is 17.5 Å². The standard InChI is InChI=1S/C21H33FN4O3/c1-5-23-19(24-13-14-6-11-18(27)17(22)12-14)25-15-7-9-16(10-8-15)26-20(28)29-21(2,3)4/h6,11-12,15-16,27H,5,7-10,13H2,1-4H3,(H,26,28)(H2,23,24,25). The molecule has 7 nitrogen and oxygen atoms in total. The third kappa shape index (κ3) is 8.17. The van der Waals surface area contributed by atoms with Crippen molar-refractivity contribution in [3.8, 4) is 5.75 Å². The van der Waals surface area contributed by atoms with E-state index in [9.17, 15) is 14.3 Å². The summed E-state index contributed by atoms with van der Waals surface area (Å²) < 4.78 is 18.8. The summed E-state index contributed by atoms with van der Waals surface area (Å²) in [4.78, 5) is 16.4. The van der Waals surface area contributed by atoms with Crippen LogP contribution in [0.25, 0.3) is 0 Å². The number of hydrogen-bond acceptors (Lipinski definition) is 4. The second kappa shape index (κ2) is 10.3. The Balaban J connectivity index is 1.84. The second-order valence-corrected chi connectivity index (χ2v) is 8.32. The van der Waals surface area contributed by atoms with Crippen LogP contribution in [-0.4, -0.2) is 41.4 Å². The fourth-order valence-electron chi connectivity index (χ4n) is 3.19. The summed E-state index contributed by atoms with van der Waals surface area (Å²) in [5.74, 6) is -0.337. The molecule has 2 rings (SSSR count). The number of carbonyl (C=O) groups is 1. The number of guanidine groups is 1. The van der Waals surface area contributed by atoms with Crippen molar-refractivity contribution in [1.29, 1.82) is 0 Å². The molecule has 8 heteroatoms. The van der Waals surface area contributed by atoms with Gasteiger partial charge in [-0.3, -0.25) is 0 Å². The van der Waals surface area contributed by atoms with Crippen molar-refractivity contribution >= 4 is 12.1 Å². The van der Waals surface area contributed by atoms with Crippen LogP contribution >= 0.6 is 0 Å². The monoisotopic (exact) mass is 408 g/mol. The summed E-state index contributed by atoms with van der Waals surface area (Å²) in [6.07, 6.45) is 3.15. The van der Waals surface area contributed by atoms with Crippen molar-refractivity contribution in [3.63, 3.8) is 0 Å². The molecule has 1 amide bonds. The lowest BCUT2D eigenvalue weighted by molar-refractivity contribution is 0.0490. The Hall–Kier alpha value is -2.51. The maximum absolute atomic E-state index is 13.5. The van der Waals surface area contributed by atoms with E-state index in [1.807, 2.05) is 27.7 Å². The number of nitrogens with zero attached hydrogens (tertiary/aromatic N) is 1. The largest absolute Gasteiger partial charge is 0.505 e. The van der Waals surface area contributed by atoms with Gasteiger partial charge in [0.1, 0.15) is 5.60 Å². The van der Waals surface area contributed by atoms with Gasteiger partial charge in [0.25, 0.3) is 0 Å². The smallest absolute Gasteiger partial charge is 0.407 e. The van der Waals surface area contributed by atoms with Crippen LogP contribution in [0.2, 0.25) is 0 Å². The van der Waals surface area contributed by atoms with Crippen LogP contribution in [0.4, 0.5) is 9.18 Å². The van der Waals surface area contributed by atoms with E-state index in [-0.39, 0.29) is 23.9 Å². The van der Waals surface area contributed by atoms with E-state index in [4.69, 9.17) is 4.74 Å². The fraction of sp³-hybridized carbons (Fsp3) is 0.619. The maximum atomic E-state index is 13.5. The van der Waals surface area contributed by atoms with Crippen LogP contribution in [0.15, 0.2) is 23.2 Å². The number of aliphatic imine (C=N–C) groups is 1. The predicted molar refractivity (Wildman–Crippen MR) is 111 cm³/mol. The number of alkyl carbamates (subject to hydrolysis) is 1. The number of amides is 1. The average Bonchev–Trinajstić information content (AvgIpc) is 2.62. The molecule has 0 bridgehead atoms. The van der Waals surface area contributed by atoms with E-state index < -0.39 is 11.4 Å². The Kier molecular flexibility index (Phi) is 8.10. The number of phenols is 1. The minimum atomic E-state index is -0.647. The zero-order chi connectivity index (χ0) is 21.4. The molecule has 1 aromatic carbocycles. The maximum Gasteiger partial charge on any atom is 0.407 e. The molecule has 162 valence electrons. The molecule has 0 radical (unpaired) electrons. The van der Waals surface area contributed by atoms with Crippen LogP contribution < -0.4 is 16.0 Å². The summed E-state index contributed by atoms with van der Waals surface area (Å²) in [7, 11) is 0. The van der Waals surface area contributed by atoms with Gasteiger partial charge in [0.2, 0.25) is 0 Å². The topological polar surface area (TPSA) is 95.0 Å². The van der Waals surface area contributed by atoms with Crippen molar-refractivity contribution in [3.05, 3.63) is 29.6 Å². The molecule has 1 saturated carbocycles. The van der Waals surface area contributed by atoms with E-state index >= 15 is 0 Å². The second-order valence-electron chi connectivity index (χ2n) is 8.32. The fourth-order valence-corrected chi connectivity index (χ4v) is 3.19. The molecule has 0 atom stereocenters. The average molecular weight is 409 g/mol. The van der Waals surface area contributed by atoms with Gasteiger partial charge in [-0.25, -0.2) is 14.2 Å². The molecule has 0 aliphatic heterocycles. The molecule has 0 unspecified atom stereocenters. The molecular formula is C21H33FN4O3. The normalized spacial score (nSPS) is 20.1. The van der Waals surface area contributed by atoms with Gasteiger partial charge < -0.3 is 25.8 Å². The van der Waals surface area contributed by atoms with Crippen LogP contribution in [0, 0.1) is 5.82 Å². The molecular weight excluding hydrogens is 375 g/mol. The summed E-state index contributed by atoms with van der Waals surface area (Å²) in [5.41, 5.74) is 0.184. The van der Waals surface area contributed by atoms with E-state index in [2.05, 4.69) is 20.9 Å². The summed E-state index contributed by atoms with van der Waals surface area (Å²) in [6, 6.07) is 4.64. The van der Waals surface area contributed by atoms with E-state index in [0.717, 1.165) is 25.7 Å². The molecule has 0 aromatic heterocycles. The van der Waals surface area contributed by atoms with Crippen molar-refractivity contribution in [2.24, 2.45) is 4.99 Å². The Labute approximate surface area is 172 Å². The number of ether oxygens (including phenoxy) is 1. The number of aromatic hydroxyl groups is 1. The van der Waals surface area contributed by atoms with Gasteiger partial charge in [-0.05, 0) is 71.1 Å². The summed E-state index contributed by atoms with van der Waals surface area (Å²) in [5, 5.41) is 18.8. The number of hydrogen-bond donors (Lipinski definition) is 4. The molecule has 0 spiro atoms. The first-order chi connectivity index (χ1) is 13.7. The van der Waals surface area contributed by atoms with Crippen LogP contribution in [0.1, 0.15) is 58.9 Å². The molecule has 0 saturated heterocycles. The van der Waals surface area contributed by atoms with Gasteiger partial charge in [-0.15, -0.1) is 0 Å². The SMILES string of the molecule is CCNC(=NCc1ccc(O)c(F)c1)NC1CCC(NC(=O)OC(C)(C)C)CC1. The molecule has 1 aromatic rings.